The standard InChI is InChI=1S/C44H87N2O6P/c1-6-8-10-12-14-16-18-19-20-21-22-23-24-25-26-28-29-31-33-35-37-43(47)42(41-52-53(49,50)51-40-39-46(3,4)5)45-44(48)38-36-34-32-30-27-17-15-13-11-9-7-2/h28-29,35,37,42-43,47H,6-27,30-34,36,38-41H2,1-5H3,(H-,45,48,49,50)/p+1/b29-28+,37-35+. The molecule has 0 saturated heterocycles. The third kappa shape index (κ3) is 39.0. The zero-order valence-electron chi connectivity index (χ0n) is 35.5. The van der Waals surface area contributed by atoms with Gasteiger partial charge in [-0.15, -0.1) is 0 Å². The van der Waals surface area contributed by atoms with Gasteiger partial charge in [0, 0.05) is 6.42 Å². The maximum Gasteiger partial charge on any atom is 0.472 e. The topological polar surface area (TPSA) is 105 Å². The van der Waals surface area contributed by atoms with Crippen LogP contribution >= 0.6 is 7.82 Å². The molecule has 3 unspecified atom stereocenters. The zero-order valence-corrected chi connectivity index (χ0v) is 36.4. The number of unbranched alkanes of at least 4 members (excludes halogenated alkanes) is 25. The highest BCUT2D eigenvalue weighted by Gasteiger charge is 2.27. The molecule has 0 radical (unpaired) electrons. The predicted octanol–water partition coefficient (Wildman–Crippen LogP) is 12.1. The molecule has 1 amide bonds. The van der Waals surface area contributed by atoms with Crippen LogP contribution < -0.4 is 5.32 Å². The Balaban J connectivity index is 4.42. The lowest BCUT2D eigenvalue weighted by molar-refractivity contribution is -0.870. The van der Waals surface area contributed by atoms with Crippen LogP contribution in [0.3, 0.4) is 0 Å². The van der Waals surface area contributed by atoms with E-state index in [9.17, 15) is 19.4 Å². The minimum absolute atomic E-state index is 0.0581. The summed E-state index contributed by atoms with van der Waals surface area (Å²) in [7, 11) is 1.56. The van der Waals surface area contributed by atoms with Gasteiger partial charge in [-0.2, -0.15) is 0 Å². The van der Waals surface area contributed by atoms with Crippen molar-refractivity contribution in [3.05, 3.63) is 24.3 Å². The summed E-state index contributed by atoms with van der Waals surface area (Å²) in [5.41, 5.74) is 0. The number of hydrogen-bond acceptors (Lipinski definition) is 5. The van der Waals surface area contributed by atoms with Gasteiger partial charge in [-0.3, -0.25) is 13.8 Å². The van der Waals surface area contributed by atoms with Crippen LogP contribution in [0.2, 0.25) is 0 Å². The molecule has 0 fully saturated rings. The molecule has 53 heavy (non-hydrogen) atoms. The molecule has 0 aliphatic rings. The maximum atomic E-state index is 12.8. The number of rotatable bonds is 40. The van der Waals surface area contributed by atoms with Gasteiger partial charge >= 0.3 is 7.82 Å². The lowest BCUT2D eigenvalue weighted by Gasteiger charge is -2.25. The molecule has 0 saturated carbocycles. The fourth-order valence-electron chi connectivity index (χ4n) is 6.35. The number of phosphoric acid groups is 1. The van der Waals surface area contributed by atoms with Gasteiger partial charge in [0.25, 0.3) is 0 Å². The molecular weight excluding hydrogens is 683 g/mol. The second kappa shape index (κ2) is 36.6. The minimum Gasteiger partial charge on any atom is -0.387 e. The lowest BCUT2D eigenvalue weighted by atomic mass is 10.0. The summed E-state index contributed by atoms with van der Waals surface area (Å²) >= 11 is 0. The van der Waals surface area contributed by atoms with Crippen LogP contribution in [0.5, 0.6) is 0 Å². The Morgan fingerprint density at radius 2 is 1.04 bits per heavy atom. The number of carbonyl (C=O) groups is 1. The Labute approximate surface area is 328 Å². The molecule has 0 aromatic carbocycles. The quantitative estimate of drug-likeness (QED) is 0.0248. The number of likely N-dealkylation sites (N-methyl/N-ethyl adjacent to an activating group) is 1. The molecule has 3 atom stereocenters. The molecule has 3 N–H and O–H groups in total. The van der Waals surface area contributed by atoms with Crippen LogP contribution in [0.15, 0.2) is 24.3 Å². The molecular formula is C44H88N2O6P+. The number of aliphatic hydroxyl groups is 1. The minimum atomic E-state index is -4.34. The Kier molecular flexibility index (Phi) is 35.9. The third-order valence-corrected chi connectivity index (χ3v) is 10.9. The fraction of sp³-hybridized carbons (Fsp3) is 0.886. The summed E-state index contributed by atoms with van der Waals surface area (Å²) in [4.78, 5) is 23.0. The maximum absolute atomic E-state index is 12.8. The summed E-state index contributed by atoms with van der Waals surface area (Å²) in [5, 5.41) is 13.8. The molecule has 0 spiro atoms. The van der Waals surface area contributed by atoms with E-state index in [-0.39, 0.29) is 19.1 Å². The van der Waals surface area contributed by atoms with Crippen molar-refractivity contribution >= 4 is 13.7 Å². The number of aliphatic hydroxyl groups excluding tert-OH is 1. The van der Waals surface area contributed by atoms with Gasteiger partial charge in [0.05, 0.1) is 39.9 Å². The van der Waals surface area contributed by atoms with Gasteiger partial charge in [-0.25, -0.2) is 4.57 Å². The number of nitrogens with zero attached hydrogens (tertiary/aromatic N) is 1. The first-order valence-electron chi connectivity index (χ1n) is 22.2. The van der Waals surface area contributed by atoms with Gasteiger partial charge in [-0.1, -0.05) is 186 Å². The van der Waals surface area contributed by atoms with Crippen molar-refractivity contribution in [2.24, 2.45) is 0 Å². The molecule has 0 aromatic heterocycles. The van der Waals surface area contributed by atoms with Crippen LogP contribution in [0.25, 0.3) is 0 Å². The zero-order chi connectivity index (χ0) is 39.3. The van der Waals surface area contributed by atoms with Crippen LogP contribution in [-0.2, 0) is 18.4 Å². The number of carbonyl (C=O) groups excluding carboxylic acids is 1. The third-order valence-electron chi connectivity index (χ3n) is 9.92. The first-order valence-corrected chi connectivity index (χ1v) is 23.7. The van der Waals surface area contributed by atoms with Crippen LogP contribution in [0.1, 0.15) is 200 Å². The number of hydrogen-bond donors (Lipinski definition) is 3. The van der Waals surface area contributed by atoms with Crippen LogP contribution in [0, 0.1) is 0 Å². The number of nitrogens with one attached hydrogen (secondary N) is 1. The highest BCUT2D eigenvalue weighted by Crippen LogP contribution is 2.43. The van der Waals surface area contributed by atoms with E-state index in [0.29, 0.717) is 17.4 Å². The summed E-state index contributed by atoms with van der Waals surface area (Å²) in [6, 6.07) is -0.857. The summed E-state index contributed by atoms with van der Waals surface area (Å²) in [6.45, 7) is 4.79. The molecule has 9 heteroatoms. The molecule has 0 bridgehead atoms. The summed E-state index contributed by atoms with van der Waals surface area (Å²) < 4.78 is 23.5. The molecule has 0 aliphatic heterocycles. The average Bonchev–Trinajstić information content (AvgIpc) is 3.10. The Morgan fingerprint density at radius 3 is 1.51 bits per heavy atom. The second-order valence-electron chi connectivity index (χ2n) is 16.4. The first-order chi connectivity index (χ1) is 25.5. The van der Waals surface area contributed by atoms with Crippen molar-refractivity contribution in [2.45, 2.75) is 212 Å². The van der Waals surface area contributed by atoms with Gasteiger partial charge in [-0.05, 0) is 32.1 Å². The van der Waals surface area contributed by atoms with Crippen molar-refractivity contribution in [1.82, 2.24) is 5.32 Å². The van der Waals surface area contributed by atoms with E-state index < -0.39 is 20.0 Å². The number of quaternary nitrogens is 1. The molecule has 8 nitrogen and oxygen atoms in total. The van der Waals surface area contributed by atoms with Gasteiger partial charge in [0.2, 0.25) is 5.91 Å². The van der Waals surface area contributed by atoms with Crippen molar-refractivity contribution in [3.63, 3.8) is 0 Å². The Hall–Kier alpha value is -1.02. The number of allylic oxidation sites excluding steroid dienone is 3. The highest BCUT2D eigenvalue weighted by molar-refractivity contribution is 7.47. The predicted molar refractivity (Wildman–Crippen MR) is 226 cm³/mol. The summed E-state index contributed by atoms with van der Waals surface area (Å²) in [5.74, 6) is -0.188. The van der Waals surface area contributed by atoms with E-state index in [1.54, 1.807) is 6.08 Å². The van der Waals surface area contributed by atoms with Crippen LogP contribution in [-0.4, -0.2) is 73.4 Å². The van der Waals surface area contributed by atoms with Crippen molar-refractivity contribution in [2.75, 3.05) is 40.9 Å². The van der Waals surface area contributed by atoms with E-state index >= 15 is 0 Å². The molecule has 0 rings (SSSR count). The molecule has 314 valence electrons. The normalized spacial score (nSPS) is 14.6. The average molecular weight is 772 g/mol. The van der Waals surface area contributed by atoms with Crippen molar-refractivity contribution in [3.8, 4) is 0 Å². The number of amides is 1. The number of phosphoric ester groups is 1. The van der Waals surface area contributed by atoms with E-state index in [1.807, 2.05) is 27.2 Å². The highest BCUT2D eigenvalue weighted by atomic mass is 31.2. The second-order valence-corrected chi connectivity index (χ2v) is 17.9. The fourth-order valence-corrected chi connectivity index (χ4v) is 7.09. The Morgan fingerprint density at radius 1 is 0.623 bits per heavy atom. The van der Waals surface area contributed by atoms with Gasteiger partial charge in [0.1, 0.15) is 13.2 Å². The first kappa shape index (κ1) is 52.0. The molecule has 0 aromatic rings. The summed E-state index contributed by atoms with van der Waals surface area (Å²) in [6.07, 6.45) is 42.5. The van der Waals surface area contributed by atoms with Gasteiger partial charge in [0.15, 0.2) is 0 Å². The largest absolute Gasteiger partial charge is 0.472 e. The van der Waals surface area contributed by atoms with E-state index in [2.05, 4.69) is 31.3 Å². The van der Waals surface area contributed by atoms with E-state index in [1.165, 1.54) is 141 Å². The van der Waals surface area contributed by atoms with Gasteiger partial charge < -0.3 is 19.8 Å². The lowest BCUT2D eigenvalue weighted by Crippen LogP contribution is -2.45. The monoisotopic (exact) mass is 772 g/mol. The smallest absolute Gasteiger partial charge is 0.387 e. The van der Waals surface area contributed by atoms with Crippen molar-refractivity contribution in [1.29, 1.82) is 0 Å². The van der Waals surface area contributed by atoms with Crippen LogP contribution in [0.4, 0.5) is 0 Å². The molecule has 0 aliphatic carbocycles. The van der Waals surface area contributed by atoms with E-state index in [4.69, 9.17) is 9.05 Å². The SMILES string of the molecule is CCCCCCCCCCCCCCCC/C=C/CC/C=C/C(O)C(COP(=O)(O)OCC[N+](C)(C)C)NC(=O)CCCCCCCCCCCCC. The molecule has 0 heterocycles. The van der Waals surface area contributed by atoms with E-state index in [0.717, 1.165) is 38.5 Å². The van der Waals surface area contributed by atoms with Crippen molar-refractivity contribution < 1.29 is 32.9 Å². The Bertz CT molecular complexity index is 922.